The number of aromatic nitrogens is 3. The molecular formula is C28H33F2N5O. The molecule has 5 rings (SSSR count). The molecule has 190 valence electrons. The van der Waals surface area contributed by atoms with Gasteiger partial charge >= 0.3 is 0 Å². The Kier molecular flexibility index (Phi) is 6.06. The summed E-state index contributed by atoms with van der Waals surface area (Å²) >= 11 is 0. The summed E-state index contributed by atoms with van der Waals surface area (Å²) in [5.74, 6) is 0.0695. The first-order chi connectivity index (χ1) is 17.2. The maximum Gasteiger partial charge on any atom is 0.264 e. The lowest BCUT2D eigenvalue weighted by Gasteiger charge is -2.33. The molecule has 1 N–H and O–H groups in total. The molecule has 36 heavy (non-hydrogen) atoms. The van der Waals surface area contributed by atoms with Crippen molar-refractivity contribution in [3.63, 3.8) is 0 Å². The molecule has 3 heterocycles. The molecule has 0 fully saturated rings. The van der Waals surface area contributed by atoms with Gasteiger partial charge in [-0.25, -0.2) is 8.78 Å². The average molecular weight is 494 g/mol. The SMILES string of the molecule is CNC(=O)c1cn(C)c2c(C(C)C)cc(N3CCCc4cc(-c5cnn(C)c5)c(C(F)F)cc43)cc12.[HH]. The van der Waals surface area contributed by atoms with Gasteiger partial charge in [0.05, 0.1) is 17.3 Å². The number of rotatable bonds is 5. The molecule has 0 saturated carbocycles. The number of hydrogen-bond acceptors (Lipinski definition) is 3. The highest BCUT2D eigenvalue weighted by Gasteiger charge is 2.26. The number of amides is 1. The summed E-state index contributed by atoms with van der Waals surface area (Å²) in [4.78, 5) is 14.8. The van der Waals surface area contributed by atoms with Gasteiger partial charge in [-0.15, -0.1) is 0 Å². The van der Waals surface area contributed by atoms with Crippen molar-refractivity contribution in [3.05, 3.63) is 65.1 Å². The lowest BCUT2D eigenvalue weighted by molar-refractivity contribution is 0.0964. The van der Waals surface area contributed by atoms with Crippen LogP contribution < -0.4 is 10.2 Å². The van der Waals surface area contributed by atoms with Crippen LogP contribution in [0.2, 0.25) is 0 Å². The van der Waals surface area contributed by atoms with Gasteiger partial charge in [0.15, 0.2) is 0 Å². The van der Waals surface area contributed by atoms with Gasteiger partial charge in [0.2, 0.25) is 0 Å². The number of alkyl halides is 2. The Labute approximate surface area is 211 Å². The van der Waals surface area contributed by atoms with Crippen LogP contribution in [0.1, 0.15) is 61.1 Å². The topological polar surface area (TPSA) is 55.1 Å². The van der Waals surface area contributed by atoms with Crippen molar-refractivity contribution in [2.75, 3.05) is 18.5 Å². The van der Waals surface area contributed by atoms with E-state index < -0.39 is 6.43 Å². The molecule has 1 amide bonds. The van der Waals surface area contributed by atoms with Crippen molar-refractivity contribution in [1.29, 1.82) is 0 Å². The molecule has 0 atom stereocenters. The maximum atomic E-state index is 14.3. The van der Waals surface area contributed by atoms with Gasteiger partial charge in [0.1, 0.15) is 0 Å². The van der Waals surface area contributed by atoms with Gasteiger partial charge in [-0.1, -0.05) is 13.8 Å². The zero-order chi connectivity index (χ0) is 25.7. The molecule has 2 aromatic carbocycles. The van der Waals surface area contributed by atoms with E-state index in [4.69, 9.17) is 0 Å². The minimum absolute atomic E-state index is 0. The number of nitrogens with one attached hydrogen (secondary N) is 1. The van der Waals surface area contributed by atoms with E-state index in [0.29, 0.717) is 23.2 Å². The van der Waals surface area contributed by atoms with Crippen molar-refractivity contribution in [2.45, 2.75) is 39.0 Å². The van der Waals surface area contributed by atoms with Crippen molar-refractivity contribution >= 4 is 28.2 Å². The van der Waals surface area contributed by atoms with Crippen LogP contribution in [0.25, 0.3) is 22.0 Å². The molecule has 0 spiro atoms. The van der Waals surface area contributed by atoms with Crippen LogP contribution in [-0.2, 0) is 20.5 Å². The van der Waals surface area contributed by atoms with Crippen molar-refractivity contribution in [3.8, 4) is 11.1 Å². The van der Waals surface area contributed by atoms with Crippen LogP contribution in [-0.4, -0.2) is 33.8 Å². The third kappa shape index (κ3) is 3.94. The molecule has 0 unspecified atom stereocenters. The molecule has 1 aliphatic rings. The second-order valence-electron chi connectivity index (χ2n) is 9.85. The van der Waals surface area contributed by atoms with Crippen molar-refractivity contribution < 1.29 is 15.0 Å². The van der Waals surface area contributed by atoms with Crippen LogP contribution in [0.3, 0.4) is 0 Å². The standard InChI is InChI=1S/C28H31F2N5O.H2/c1-16(2)20-10-19(11-22-24(28(36)31-3)15-33(4)26(20)22)35-8-6-7-17-9-21(18-13-32-34(5)14-18)23(27(29)30)12-25(17)35;/h9-16,27H,6-8H2,1-5H3,(H,31,36);1H. The number of nitrogens with zero attached hydrogens (tertiary/aromatic N) is 4. The number of benzene rings is 2. The van der Waals surface area contributed by atoms with Crippen LogP contribution in [0, 0.1) is 0 Å². The third-order valence-corrected chi connectivity index (χ3v) is 7.12. The van der Waals surface area contributed by atoms with E-state index in [2.05, 4.69) is 35.2 Å². The average Bonchev–Trinajstić information content (AvgIpc) is 3.44. The van der Waals surface area contributed by atoms with Gasteiger partial charge in [0.25, 0.3) is 12.3 Å². The van der Waals surface area contributed by atoms with E-state index >= 15 is 0 Å². The van der Waals surface area contributed by atoms with E-state index in [0.717, 1.165) is 46.2 Å². The Morgan fingerprint density at radius 3 is 2.53 bits per heavy atom. The Bertz CT molecular complexity index is 1470. The zero-order valence-electron chi connectivity index (χ0n) is 21.3. The molecule has 6 nitrogen and oxygen atoms in total. The minimum Gasteiger partial charge on any atom is -0.355 e. The lowest BCUT2D eigenvalue weighted by atomic mass is 9.92. The molecule has 4 aromatic rings. The fourth-order valence-electron chi connectivity index (χ4n) is 5.39. The summed E-state index contributed by atoms with van der Waals surface area (Å²) in [7, 11) is 5.36. The normalized spacial score (nSPS) is 13.6. The van der Waals surface area contributed by atoms with E-state index in [9.17, 15) is 13.6 Å². The first-order valence-electron chi connectivity index (χ1n) is 12.3. The Morgan fingerprint density at radius 1 is 1.11 bits per heavy atom. The van der Waals surface area contributed by atoms with Gasteiger partial charge in [-0.2, -0.15) is 5.10 Å². The summed E-state index contributed by atoms with van der Waals surface area (Å²) in [6.07, 6.45) is 4.37. The van der Waals surface area contributed by atoms with E-state index in [1.54, 1.807) is 37.2 Å². The van der Waals surface area contributed by atoms with Crippen LogP contribution in [0.4, 0.5) is 20.2 Å². The van der Waals surface area contributed by atoms with E-state index in [1.807, 2.05) is 29.9 Å². The molecule has 0 bridgehead atoms. The maximum absolute atomic E-state index is 14.3. The first-order valence-corrected chi connectivity index (χ1v) is 12.3. The predicted octanol–water partition coefficient (Wildman–Crippen LogP) is 6.33. The zero-order valence-corrected chi connectivity index (χ0v) is 21.3. The highest BCUT2D eigenvalue weighted by atomic mass is 19.3. The number of aryl methyl sites for hydroxylation is 3. The molecule has 0 saturated heterocycles. The van der Waals surface area contributed by atoms with Crippen LogP contribution >= 0.6 is 0 Å². The second kappa shape index (κ2) is 9.08. The number of fused-ring (bicyclic) bond motifs is 2. The summed E-state index contributed by atoms with van der Waals surface area (Å²) < 4.78 is 32.2. The van der Waals surface area contributed by atoms with Crippen LogP contribution in [0.5, 0.6) is 0 Å². The molecule has 0 radical (unpaired) electrons. The van der Waals surface area contributed by atoms with Gasteiger partial charge in [-0.05, 0) is 59.7 Å². The molecule has 8 heteroatoms. The fraction of sp³-hybridized carbons (Fsp3) is 0.357. The molecular weight excluding hydrogens is 460 g/mol. The predicted molar refractivity (Wildman–Crippen MR) is 141 cm³/mol. The van der Waals surface area contributed by atoms with E-state index in [1.165, 1.54) is 0 Å². The number of halogens is 2. The Morgan fingerprint density at radius 2 is 1.89 bits per heavy atom. The van der Waals surface area contributed by atoms with Crippen molar-refractivity contribution in [1.82, 2.24) is 19.7 Å². The van der Waals surface area contributed by atoms with Gasteiger partial charge in [-0.3, -0.25) is 9.48 Å². The summed E-state index contributed by atoms with van der Waals surface area (Å²) in [5.41, 5.74) is 6.72. The Balaban J connectivity index is 0.00000320. The van der Waals surface area contributed by atoms with Crippen LogP contribution in [0.15, 0.2) is 42.9 Å². The number of anilines is 2. The minimum atomic E-state index is -2.61. The highest BCUT2D eigenvalue weighted by molar-refractivity contribution is 6.08. The molecule has 0 aliphatic carbocycles. The largest absolute Gasteiger partial charge is 0.355 e. The monoisotopic (exact) mass is 493 g/mol. The smallest absolute Gasteiger partial charge is 0.264 e. The molecule has 2 aromatic heterocycles. The third-order valence-electron chi connectivity index (χ3n) is 7.12. The second-order valence-corrected chi connectivity index (χ2v) is 9.85. The first kappa shape index (κ1) is 24.0. The number of carbonyl (C=O) groups is 1. The molecule has 1 aliphatic heterocycles. The summed E-state index contributed by atoms with van der Waals surface area (Å²) in [6.45, 7) is 4.97. The summed E-state index contributed by atoms with van der Waals surface area (Å²) in [6, 6.07) is 7.72. The quantitative estimate of drug-likeness (QED) is 0.353. The number of carbonyl (C=O) groups excluding carboxylic acids is 1. The highest BCUT2D eigenvalue weighted by Crippen LogP contribution is 2.43. The number of hydrogen-bond donors (Lipinski definition) is 1. The van der Waals surface area contributed by atoms with Gasteiger partial charge < -0.3 is 14.8 Å². The van der Waals surface area contributed by atoms with Gasteiger partial charge in [0, 0.05) is 69.4 Å². The van der Waals surface area contributed by atoms with Crippen molar-refractivity contribution in [2.24, 2.45) is 14.1 Å². The lowest BCUT2D eigenvalue weighted by Crippen LogP contribution is -2.25. The Hall–Kier alpha value is -3.68. The fourth-order valence-corrected chi connectivity index (χ4v) is 5.39. The van der Waals surface area contributed by atoms with E-state index in [-0.39, 0.29) is 18.8 Å². The summed E-state index contributed by atoms with van der Waals surface area (Å²) in [5, 5.41) is 7.79.